The Hall–Kier alpha value is -2.40. The molecule has 0 fully saturated rings. The maximum Gasteiger partial charge on any atom is 0.265 e. The van der Waals surface area contributed by atoms with Crippen molar-refractivity contribution >= 4 is 11.6 Å². The summed E-state index contributed by atoms with van der Waals surface area (Å²) in [7, 11) is 0. The normalized spacial score (nSPS) is 11.8. The highest BCUT2D eigenvalue weighted by atomic mass is 16.5. The number of aromatic nitrogens is 1. The monoisotopic (exact) mass is 286 g/mol. The zero-order valence-corrected chi connectivity index (χ0v) is 12.0. The molecular formula is C16H18N2O3. The van der Waals surface area contributed by atoms with Crippen LogP contribution in [0.1, 0.15) is 18.2 Å². The van der Waals surface area contributed by atoms with E-state index in [-0.39, 0.29) is 12.5 Å². The molecule has 0 aliphatic rings. The van der Waals surface area contributed by atoms with Gasteiger partial charge in [-0.15, -0.1) is 0 Å². The average molecular weight is 286 g/mol. The summed E-state index contributed by atoms with van der Waals surface area (Å²) in [6, 6.07) is 10.6. The first kappa shape index (κ1) is 15.0. The summed E-state index contributed by atoms with van der Waals surface area (Å²) in [4.78, 5) is 16.2. The first-order valence-electron chi connectivity index (χ1n) is 6.69. The van der Waals surface area contributed by atoms with Gasteiger partial charge in [0.05, 0.1) is 18.0 Å². The molecule has 5 heteroatoms. The van der Waals surface area contributed by atoms with Crippen LogP contribution in [0.2, 0.25) is 0 Å². The van der Waals surface area contributed by atoms with Crippen LogP contribution in [-0.4, -0.2) is 22.1 Å². The second kappa shape index (κ2) is 6.85. The minimum absolute atomic E-state index is 0.0628. The Morgan fingerprint density at radius 1 is 1.38 bits per heavy atom. The highest BCUT2D eigenvalue weighted by Gasteiger charge is 2.15. The molecule has 0 aliphatic heterocycles. The van der Waals surface area contributed by atoms with E-state index in [9.17, 15) is 4.79 Å². The fraction of sp³-hybridized carbons (Fsp3) is 0.250. The molecule has 1 heterocycles. The highest BCUT2D eigenvalue weighted by Crippen LogP contribution is 2.16. The third-order valence-electron chi connectivity index (χ3n) is 3.03. The number of amides is 1. The number of nitrogens with zero attached hydrogens (tertiary/aromatic N) is 1. The Balaban J connectivity index is 2.01. The van der Waals surface area contributed by atoms with Gasteiger partial charge in [0, 0.05) is 6.20 Å². The predicted octanol–water partition coefficient (Wildman–Crippen LogP) is 2.29. The zero-order chi connectivity index (χ0) is 15.2. The van der Waals surface area contributed by atoms with E-state index in [1.807, 2.05) is 6.92 Å². The summed E-state index contributed by atoms with van der Waals surface area (Å²) >= 11 is 0. The number of benzene rings is 1. The number of ether oxygens (including phenoxy) is 1. The van der Waals surface area contributed by atoms with Crippen molar-refractivity contribution in [2.75, 3.05) is 5.32 Å². The van der Waals surface area contributed by atoms with Crippen LogP contribution in [0.4, 0.5) is 5.69 Å². The molecule has 110 valence electrons. The van der Waals surface area contributed by atoms with Gasteiger partial charge in [0.2, 0.25) is 0 Å². The van der Waals surface area contributed by atoms with Crippen molar-refractivity contribution in [3.05, 3.63) is 53.9 Å². The molecule has 0 saturated heterocycles. The molecule has 2 aromatic rings. The fourth-order valence-corrected chi connectivity index (χ4v) is 1.83. The van der Waals surface area contributed by atoms with Gasteiger partial charge in [0.25, 0.3) is 5.91 Å². The summed E-state index contributed by atoms with van der Waals surface area (Å²) in [6.07, 6.45) is 1.02. The van der Waals surface area contributed by atoms with Crippen molar-refractivity contribution in [1.82, 2.24) is 4.98 Å². The molecular weight excluding hydrogens is 268 g/mol. The van der Waals surface area contributed by atoms with Gasteiger partial charge in [-0.25, -0.2) is 0 Å². The number of aliphatic hydroxyl groups excluding tert-OH is 1. The molecule has 21 heavy (non-hydrogen) atoms. The number of anilines is 1. The molecule has 1 amide bonds. The topological polar surface area (TPSA) is 71.5 Å². The zero-order valence-electron chi connectivity index (χ0n) is 12.0. The fourth-order valence-electron chi connectivity index (χ4n) is 1.83. The Labute approximate surface area is 123 Å². The second-order valence-electron chi connectivity index (χ2n) is 4.69. The van der Waals surface area contributed by atoms with Crippen molar-refractivity contribution in [2.24, 2.45) is 0 Å². The number of rotatable bonds is 5. The molecule has 2 rings (SSSR count). The van der Waals surface area contributed by atoms with Crippen LogP contribution in [0, 0.1) is 6.92 Å². The van der Waals surface area contributed by atoms with Gasteiger partial charge >= 0.3 is 0 Å². The van der Waals surface area contributed by atoms with Gasteiger partial charge < -0.3 is 15.2 Å². The summed E-state index contributed by atoms with van der Waals surface area (Å²) in [5, 5.41) is 11.9. The number of nitrogens with one attached hydrogen (secondary N) is 1. The summed E-state index contributed by atoms with van der Waals surface area (Å²) < 4.78 is 5.59. The highest BCUT2D eigenvalue weighted by molar-refractivity contribution is 5.94. The maximum atomic E-state index is 12.1. The number of aliphatic hydroxyl groups is 1. The van der Waals surface area contributed by atoms with E-state index in [4.69, 9.17) is 9.84 Å². The molecule has 0 saturated carbocycles. The summed E-state index contributed by atoms with van der Waals surface area (Å²) in [5.41, 5.74) is 2.16. The molecule has 0 bridgehead atoms. The Bertz CT molecular complexity index is 628. The van der Waals surface area contributed by atoms with Gasteiger partial charge in [-0.1, -0.05) is 12.1 Å². The Morgan fingerprint density at radius 2 is 2.19 bits per heavy atom. The number of hydrogen-bond donors (Lipinski definition) is 2. The molecule has 0 spiro atoms. The van der Waals surface area contributed by atoms with Gasteiger partial charge in [0.15, 0.2) is 6.10 Å². The number of hydrogen-bond acceptors (Lipinski definition) is 4. The van der Waals surface area contributed by atoms with E-state index < -0.39 is 6.10 Å². The van der Waals surface area contributed by atoms with E-state index in [0.717, 1.165) is 11.3 Å². The molecule has 5 nitrogen and oxygen atoms in total. The first-order chi connectivity index (χ1) is 10.1. The third kappa shape index (κ3) is 4.03. The number of aryl methyl sites for hydroxylation is 1. The smallest absolute Gasteiger partial charge is 0.265 e. The molecule has 1 atom stereocenters. The molecule has 1 aromatic carbocycles. The Kier molecular flexibility index (Phi) is 4.90. The lowest BCUT2D eigenvalue weighted by molar-refractivity contribution is -0.122. The largest absolute Gasteiger partial charge is 0.481 e. The van der Waals surface area contributed by atoms with E-state index in [1.54, 1.807) is 49.5 Å². The van der Waals surface area contributed by atoms with Gasteiger partial charge in [-0.05, 0) is 43.7 Å². The third-order valence-corrected chi connectivity index (χ3v) is 3.03. The molecule has 1 unspecified atom stereocenters. The predicted molar refractivity (Wildman–Crippen MR) is 80.1 cm³/mol. The molecule has 0 aliphatic carbocycles. The standard InChI is InChI=1S/C16H18N2O3/c1-11-15(7-4-8-17-11)18-16(20)12(2)21-14-6-3-5-13(9-14)10-19/h3-9,12,19H,10H2,1-2H3,(H,18,20). The van der Waals surface area contributed by atoms with E-state index in [0.29, 0.717) is 11.4 Å². The lowest BCUT2D eigenvalue weighted by atomic mass is 10.2. The van der Waals surface area contributed by atoms with Crippen LogP contribution < -0.4 is 10.1 Å². The van der Waals surface area contributed by atoms with E-state index in [1.165, 1.54) is 0 Å². The van der Waals surface area contributed by atoms with Crippen LogP contribution in [0.5, 0.6) is 5.75 Å². The van der Waals surface area contributed by atoms with Gasteiger partial charge in [-0.3, -0.25) is 9.78 Å². The van der Waals surface area contributed by atoms with Gasteiger partial charge in [0.1, 0.15) is 5.75 Å². The lowest BCUT2D eigenvalue weighted by Crippen LogP contribution is -2.30. The quantitative estimate of drug-likeness (QED) is 0.884. The van der Waals surface area contributed by atoms with E-state index >= 15 is 0 Å². The number of pyridine rings is 1. The second-order valence-corrected chi connectivity index (χ2v) is 4.69. The summed E-state index contributed by atoms with van der Waals surface area (Å²) in [6.45, 7) is 3.44. The van der Waals surface area contributed by atoms with Crippen LogP contribution in [0.3, 0.4) is 0 Å². The minimum atomic E-state index is -0.654. The van der Waals surface area contributed by atoms with Crippen molar-refractivity contribution in [3.63, 3.8) is 0 Å². The van der Waals surface area contributed by atoms with Gasteiger partial charge in [-0.2, -0.15) is 0 Å². The first-order valence-corrected chi connectivity index (χ1v) is 6.69. The van der Waals surface area contributed by atoms with Crippen LogP contribution in [0.25, 0.3) is 0 Å². The maximum absolute atomic E-state index is 12.1. The molecule has 1 aromatic heterocycles. The number of carbonyl (C=O) groups is 1. The van der Waals surface area contributed by atoms with Crippen LogP contribution in [0.15, 0.2) is 42.6 Å². The SMILES string of the molecule is Cc1ncccc1NC(=O)C(C)Oc1cccc(CO)c1. The lowest BCUT2D eigenvalue weighted by Gasteiger charge is -2.15. The van der Waals surface area contributed by atoms with Crippen molar-refractivity contribution in [1.29, 1.82) is 0 Å². The van der Waals surface area contributed by atoms with Crippen molar-refractivity contribution in [2.45, 2.75) is 26.6 Å². The minimum Gasteiger partial charge on any atom is -0.481 e. The number of carbonyl (C=O) groups excluding carboxylic acids is 1. The van der Waals surface area contributed by atoms with Crippen LogP contribution >= 0.6 is 0 Å². The summed E-state index contributed by atoms with van der Waals surface area (Å²) in [5.74, 6) is 0.299. The molecule has 2 N–H and O–H groups in total. The van der Waals surface area contributed by atoms with Crippen molar-refractivity contribution in [3.8, 4) is 5.75 Å². The van der Waals surface area contributed by atoms with Crippen LogP contribution in [-0.2, 0) is 11.4 Å². The molecule has 0 radical (unpaired) electrons. The van der Waals surface area contributed by atoms with Crippen molar-refractivity contribution < 1.29 is 14.6 Å². The Morgan fingerprint density at radius 3 is 2.90 bits per heavy atom. The van der Waals surface area contributed by atoms with E-state index in [2.05, 4.69) is 10.3 Å². The average Bonchev–Trinajstić information content (AvgIpc) is 2.49.